The van der Waals surface area contributed by atoms with Crippen molar-refractivity contribution < 1.29 is 19.1 Å². The van der Waals surface area contributed by atoms with E-state index in [2.05, 4.69) is 10.8 Å². The number of benzene rings is 1. The molecule has 0 aromatic heterocycles. The first-order chi connectivity index (χ1) is 11.7. The molecule has 0 N–H and O–H groups in total. The van der Waals surface area contributed by atoms with E-state index in [9.17, 15) is 9.59 Å². The van der Waals surface area contributed by atoms with Gasteiger partial charge in [-0.3, -0.25) is 9.69 Å². The monoisotopic (exact) mass is 327 g/mol. The van der Waals surface area contributed by atoms with Gasteiger partial charge in [0.15, 0.2) is 0 Å². The van der Waals surface area contributed by atoms with Crippen LogP contribution < -0.4 is 0 Å². The van der Waals surface area contributed by atoms with Gasteiger partial charge in [0.1, 0.15) is 12.0 Å². The lowest BCUT2D eigenvalue weighted by Crippen LogP contribution is -2.55. The lowest BCUT2D eigenvalue weighted by atomic mass is 9.87. The normalized spacial score (nSPS) is 28.8. The van der Waals surface area contributed by atoms with Gasteiger partial charge >= 0.3 is 11.9 Å². The van der Waals surface area contributed by atoms with Crippen molar-refractivity contribution in [2.45, 2.75) is 37.5 Å². The van der Waals surface area contributed by atoms with Gasteiger partial charge in [-0.25, -0.2) is 4.79 Å². The number of carbonyl (C=O) groups is 2. The summed E-state index contributed by atoms with van der Waals surface area (Å²) in [5.41, 5.74) is 0.486. The molecule has 0 amide bonds. The Hall–Kier alpha value is -2.32. The zero-order valence-corrected chi connectivity index (χ0v) is 13.7. The molecule has 0 saturated carbocycles. The van der Waals surface area contributed by atoms with E-state index in [1.165, 1.54) is 7.11 Å². The fraction of sp³-hybridized carbons (Fsp3) is 0.474. The van der Waals surface area contributed by atoms with E-state index in [-0.39, 0.29) is 18.1 Å². The molecule has 2 fully saturated rings. The summed E-state index contributed by atoms with van der Waals surface area (Å²) in [6.45, 7) is 0.502. The minimum absolute atomic E-state index is 0.0270. The molecule has 4 atom stereocenters. The molecular weight excluding hydrogens is 306 g/mol. The molecule has 2 saturated heterocycles. The number of rotatable bonds is 4. The van der Waals surface area contributed by atoms with Crippen LogP contribution in [0.4, 0.5) is 0 Å². The first kappa shape index (κ1) is 16.5. The summed E-state index contributed by atoms with van der Waals surface area (Å²) >= 11 is 0. The van der Waals surface area contributed by atoms with Crippen molar-refractivity contribution in [1.82, 2.24) is 4.90 Å². The molecule has 5 heteroatoms. The average molecular weight is 327 g/mol. The summed E-state index contributed by atoms with van der Waals surface area (Å²) in [5.74, 6) is 1.43. The Morgan fingerprint density at radius 3 is 2.71 bits per heavy atom. The van der Waals surface area contributed by atoms with E-state index in [1.807, 2.05) is 6.07 Å². The molecule has 2 aliphatic rings. The maximum absolute atomic E-state index is 12.4. The summed E-state index contributed by atoms with van der Waals surface area (Å²) in [5, 5.41) is 0. The highest BCUT2D eigenvalue weighted by molar-refractivity contribution is 5.89. The molecule has 4 unspecified atom stereocenters. The maximum atomic E-state index is 12.4. The van der Waals surface area contributed by atoms with Crippen LogP contribution in [0.3, 0.4) is 0 Å². The van der Waals surface area contributed by atoms with Gasteiger partial charge in [0, 0.05) is 18.5 Å². The number of piperidine rings is 1. The van der Waals surface area contributed by atoms with Gasteiger partial charge in [-0.15, -0.1) is 6.42 Å². The second-order valence-corrected chi connectivity index (χ2v) is 6.27. The Labute approximate surface area is 141 Å². The molecule has 0 radical (unpaired) electrons. The van der Waals surface area contributed by atoms with Gasteiger partial charge in [0.05, 0.1) is 19.2 Å². The molecule has 3 rings (SSSR count). The first-order valence-electron chi connectivity index (χ1n) is 8.18. The van der Waals surface area contributed by atoms with Crippen molar-refractivity contribution >= 4 is 11.9 Å². The van der Waals surface area contributed by atoms with Crippen molar-refractivity contribution in [3.8, 4) is 12.3 Å². The predicted molar refractivity (Wildman–Crippen MR) is 88.1 cm³/mol. The van der Waals surface area contributed by atoms with Crippen LogP contribution in [0.2, 0.25) is 0 Å². The summed E-state index contributed by atoms with van der Waals surface area (Å²) in [4.78, 5) is 26.9. The van der Waals surface area contributed by atoms with Crippen molar-refractivity contribution in [1.29, 1.82) is 0 Å². The van der Waals surface area contributed by atoms with Gasteiger partial charge in [-0.05, 0) is 25.0 Å². The fourth-order valence-corrected chi connectivity index (χ4v) is 3.97. The van der Waals surface area contributed by atoms with E-state index < -0.39 is 18.0 Å². The molecule has 1 aromatic carbocycles. The Kier molecular flexibility index (Phi) is 4.86. The molecule has 2 bridgehead atoms. The standard InChI is InChI=1S/C19H21NO4/c1-3-11-20-14-9-10-15(20)17(19(22)23-2)16(12-14)24-18(21)13-7-5-4-6-8-13/h1,4-8,14-17H,9-12H2,2H3. The molecule has 126 valence electrons. The number of hydrogen-bond donors (Lipinski definition) is 0. The number of carbonyl (C=O) groups excluding carboxylic acids is 2. The van der Waals surface area contributed by atoms with Crippen LogP contribution in [0.25, 0.3) is 0 Å². The van der Waals surface area contributed by atoms with Crippen LogP contribution in [0.5, 0.6) is 0 Å². The topological polar surface area (TPSA) is 55.8 Å². The third kappa shape index (κ3) is 3.02. The summed E-state index contributed by atoms with van der Waals surface area (Å²) in [6, 6.07) is 9.05. The molecule has 0 spiro atoms. The zero-order chi connectivity index (χ0) is 17.1. The smallest absolute Gasteiger partial charge is 0.338 e. The number of hydrogen-bond acceptors (Lipinski definition) is 5. The lowest BCUT2D eigenvalue weighted by molar-refractivity contribution is -0.156. The van der Waals surface area contributed by atoms with E-state index in [1.54, 1.807) is 24.3 Å². The number of terminal acetylenes is 1. The minimum Gasteiger partial charge on any atom is -0.469 e. The second-order valence-electron chi connectivity index (χ2n) is 6.27. The third-order valence-corrected chi connectivity index (χ3v) is 5.03. The van der Waals surface area contributed by atoms with E-state index >= 15 is 0 Å². The average Bonchev–Trinajstić information content (AvgIpc) is 2.88. The van der Waals surface area contributed by atoms with Crippen LogP contribution in [0.15, 0.2) is 30.3 Å². The van der Waals surface area contributed by atoms with Crippen molar-refractivity contribution in [2.24, 2.45) is 5.92 Å². The zero-order valence-electron chi connectivity index (χ0n) is 13.7. The Bertz CT molecular complexity index is 651. The number of fused-ring (bicyclic) bond motifs is 2. The molecule has 0 aliphatic carbocycles. The Morgan fingerprint density at radius 1 is 1.29 bits per heavy atom. The Balaban J connectivity index is 1.81. The van der Waals surface area contributed by atoms with Crippen LogP contribution in [-0.2, 0) is 14.3 Å². The SMILES string of the molecule is C#CCN1C2CCC1C(C(=O)OC)C(OC(=O)c1ccccc1)C2. The number of nitrogens with zero attached hydrogens (tertiary/aromatic N) is 1. The minimum atomic E-state index is -0.491. The van der Waals surface area contributed by atoms with Crippen molar-refractivity contribution in [3.63, 3.8) is 0 Å². The van der Waals surface area contributed by atoms with E-state index in [0.29, 0.717) is 18.5 Å². The summed E-state index contributed by atoms with van der Waals surface area (Å²) < 4.78 is 10.7. The highest BCUT2D eigenvalue weighted by atomic mass is 16.6. The van der Waals surface area contributed by atoms with Gasteiger partial charge in [0.2, 0.25) is 0 Å². The second kappa shape index (κ2) is 7.06. The number of methoxy groups -OCH3 is 1. The quantitative estimate of drug-likeness (QED) is 0.624. The van der Waals surface area contributed by atoms with Crippen LogP contribution in [0, 0.1) is 18.3 Å². The van der Waals surface area contributed by atoms with E-state index in [4.69, 9.17) is 15.9 Å². The maximum Gasteiger partial charge on any atom is 0.338 e. The van der Waals surface area contributed by atoms with Gasteiger partial charge < -0.3 is 9.47 Å². The number of ether oxygens (including phenoxy) is 2. The summed E-state index contributed by atoms with van der Waals surface area (Å²) in [6.07, 6.45) is 7.42. The molecule has 2 aliphatic heterocycles. The van der Waals surface area contributed by atoms with Gasteiger partial charge in [-0.2, -0.15) is 0 Å². The highest BCUT2D eigenvalue weighted by Gasteiger charge is 2.52. The largest absolute Gasteiger partial charge is 0.469 e. The van der Waals surface area contributed by atoms with Crippen LogP contribution >= 0.6 is 0 Å². The molecule has 1 aromatic rings. The molecule has 2 heterocycles. The molecule has 24 heavy (non-hydrogen) atoms. The van der Waals surface area contributed by atoms with Gasteiger partial charge in [-0.1, -0.05) is 24.1 Å². The van der Waals surface area contributed by atoms with Crippen LogP contribution in [0.1, 0.15) is 29.6 Å². The highest BCUT2D eigenvalue weighted by Crippen LogP contribution is 2.41. The fourth-order valence-electron chi connectivity index (χ4n) is 3.97. The summed E-state index contributed by atoms with van der Waals surface area (Å²) in [7, 11) is 1.37. The molecular formula is C19H21NO4. The Morgan fingerprint density at radius 2 is 2.04 bits per heavy atom. The van der Waals surface area contributed by atoms with Crippen LogP contribution in [-0.4, -0.2) is 48.7 Å². The third-order valence-electron chi connectivity index (χ3n) is 5.03. The lowest BCUT2D eigenvalue weighted by Gasteiger charge is -2.41. The van der Waals surface area contributed by atoms with Crippen molar-refractivity contribution in [2.75, 3.05) is 13.7 Å². The van der Waals surface area contributed by atoms with Crippen molar-refractivity contribution in [3.05, 3.63) is 35.9 Å². The first-order valence-corrected chi connectivity index (χ1v) is 8.18. The number of esters is 2. The van der Waals surface area contributed by atoms with E-state index in [0.717, 1.165) is 12.8 Å². The molecule has 5 nitrogen and oxygen atoms in total. The predicted octanol–water partition coefficient (Wildman–Crippen LogP) is 1.87. The van der Waals surface area contributed by atoms with Gasteiger partial charge in [0.25, 0.3) is 0 Å².